The maximum atomic E-state index is 13.9. The summed E-state index contributed by atoms with van der Waals surface area (Å²) in [5.74, 6) is 1.36. The second-order valence-corrected chi connectivity index (χ2v) is 18.3. The van der Waals surface area contributed by atoms with Gasteiger partial charge in [-0.1, -0.05) is 83.7 Å². The molecule has 15 heteroatoms. The van der Waals surface area contributed by atoms with Gasteiger partial charge in [-0.2, -0.15) is 20.1 Å². The van der Waals surface area contributed by atoms with E-state index in [2.05, 4.69) is 80.0 Å². The third kappa shape index (κ3) is 14.2. The Balaban J connectivity index is 1.12. The number of aromatic amines is 1. The van der Waals surface area contributed by atoms with Crippen molar-refractivity contribution in [3.05, 3.63) is 96.1 Å². The number of nitrogens with one attached hydrogen (secondary N) is 5. The Bertz CT molecular complexity index is 2780. The molecule has 0 aliphatic carbocycles. The van der Waals surface area contributed by atoms with E-state index in [0.29, 0.717) is 45.7 Å². The number of azo groups is 1. The van der Waals surface area contributed by atoms with Gasteiger partial charge in [0.25, 0.3) is 5.91 Å². The Hall–Kier alpha value is -6.84. The first kappa shape index (κ1) is 52.0. The standard InChI is InChI=1S/C56H74N12O3/c1-7-11-31-67(32-12-8-2)35-17-29-57-54-62-55(58-30-18-36-68(33-13-9-3)34-14-10-4)64-56(63-54)59-41-22-24-42(25-23-41)65-66-51-49-40(21-27-45-44-19-15-16-20-48(44)60-50(45)49)38-46(52(51)69)53(70)61-47-28-26-43(71-6)37-39(47)5/h15-16,19-28,37-38,60,69H,7-14,17-18,29-36H2,1-6H3,(H,61,70)(H3,57,58,59,62,63,64). The molecule has 376 valence electrons. The van der Waals surface area contributed by atoms with Crippen LogP contribution in [0.15, 0.2) is 95.2 Å². The maximum absolute atomic E-state index is 13.9. The number of para-hydroxylation sites is 1. The van der Waals surface area contributed by atoms with Crippen molar-refractivity contribution < 1.29 is 14.6 Å². The number of ether oxygens (including phenoxy) is 1. The van der Waals surface area contributed by atoms with Gasteiger partial charge in [-0.25, -0.2) is 0 Å². The van der Waals surface area contributed by atoms with Gasteiger partial charge in [0.15, 0.2) is 5.75 Å². The number of benzene rings is 5. The Morgan fingerprint density at radius 2 is 1.27 bits per heavy atom. The molecule has 1 amide bonds. The zero-order valence-corrected chi connectivity index (χ0v) is 42.7. The Morgan fingerprint density at radius 1 is 0.676 bits per heavy atom. The molecule has 2 aromatic heterocycles. The predicted octanol–water partition coefficient (Wildman–Crippen LogP) is 13.5. The molecule has 7 rings (SSSR count). The number of phenols is 1. The Morgan fingerprint density at radius 3 is 1.86 bits per heavy atom. The average Bonchev–Trinajstić information content (AvgIpc) is 3.77. The van der Waals surface area contributed by atoms with Gasteiger partial charge in [0.1, 0.15) is 11.4 Å². The van der Waals surface area contributed by atoms with Gasteiger partial charge >= 0.3 is 0 Å². The fourth-order valence-electron chi connectivity index (χ4n) is 8.79. The van der Waals surface area contributed by atoms with Crippen LogP contribution >= 0.6 is 0 Å². The summed E-state index contributed by atoms with van der Waals surface area (Å²) in [5.41, 5.74) is 4.67. The number of phenolic OH excluding ortho intramolecular Hbond substituents is 1. The van der Waals surface area contributed by atoms with Crippen LogP contribution in [0.3, 0.4) is 0 Å². The lowest BCUT2D eigenvalue weighted by atomic mass is 10.00. The number of unbranched alkanes of at least 4 members (excludes halogenated alkanes) is 4. The number of carbonyl (C=O) groups excluding carboxylic acids is 1. The van der Waals surface area contributed by atoms with Crippen molar-refractivity contribution in [1.29, 1.82) is 0 Å². The third-order valence-corrected chi connectivity index (χ3v) is 12.9. The van der Waals surface area contributed by atoms with Crippen molar-refractivity contribution in [2.75, 3.05) is 80.7 Å². The van der Waals surface area contributed by atoms with Crippen molar-refractivity contribution in [2.45, 2.75) is 98.8 Å². The van der Waals surface area contributed by atoms with Crippen LogP contribution in [0.5, 0.6) is 11.5 Å². The molecule has 0 saturated carbocycles. The van der Waals surface area contributed by atoms with E-state index in [1.54, 1.807) is 25.3 Å². The fourth-order valence-corrected chi connectivity index (χ4v) is 8.79. The molecule has 6 N–H and O–H groups in total. The van der Waals surface area contributed by atoms with Crippen LogP contribution in [0.2, 0.25) is 0 Å². The summed E-state index contributed by atoms with van der Waals surface area (Å²) < 4.78 is 5.36. The van der Waals surface area contributed by atoms with Gasteiger partial charge in [0, 0.05) is 46.1 Å². The van der Waals surface area contributed by atoms with Gasteiger partial charge < -0.3 is 45.9 Å². The number of hydrogen-bond acceptors (Lipinski definition) is 13. The number of methoxy groups -OCH3 is 1. The van der Waals surface area contributed by atoms with Crippen LogP contribution < -0.4 is 26.0 Å². The highest BCUT2D eigenvalue weighted by Crippen LogP contribution is 2.44. The summed E-state index contributed by atoms with van der Waals surface area (Å²) in [6.45, 7) is 18.9. The molecular formula is C56H74N12O3. The molecule has 2 heterocycles. The molecule has 0 bridgehead atoms. The smallest absolute Gasteiger partial charge is 0.259 e. The van der Waals surface area contributed by atoms with Crippen LogP contribution in [0, 0.1) is 6.92 Å². The van der Waals surface area contributed by atoms with E-state index in [1.807, 2.05) is 67.6 Å². The fraction of sp³-hybridized carbons (Fsp3) is 0.429. The van der Waals surface area contributed by atoms with E-state index in [-0.39, 0.29) is 17.0 Å². The number of carbonyl (C=O) groups is 1. The van der Waals surface area contributed by atoms with E-state index >= 15 is 0 Å². The summed E-state index contributed by atoms with van der Waals surface area (Å²) in [4.78, 5) is 37.0. The lowest BCUT2D eigenvalue weighted by Gasteiger charge is -2.22. The van der Waals surface area contributed by atoms with E-state index in [4.69, 9.17) is 19.7 Å². The second-order valence-electron chi connectivity index (χ2n) is 18.3. The number of anilines is 5. The molecular weight excluding hydrogens is 889 g/mol. The maximum Gasteiger partial charge on any atom is 0.259 e. The van der Waals surface area contributed by atoms with E-state index in [0.717, 1.165) is 98.3 Å². The number of aryl methyl sites for hydroxylation is 1. The molecule has 7 aromatic rings. The van der Waals surface area contributed by atoms with E-state index in [9.17, 15) is 9.90 Å². The van der Waals surface area contributed by atoms with Crippen molar-refractivity contribution in [3.63, 3.8) is 0 Å². The Kier molecular flexibility index (Phi) is 19.3. The number of rotatable bonds is 29. The van der Waals surface area contributed by atoms with Crippen molar-refractivity contribution in [2.24, 2.45) is 10.2 Å². The topological polar surface area (TPSA) is 180 Å². The number of H-pyrrole nitrogens is 1. The minimum atomic E-state index is -0.482. The summed E-state index contributed by atoms with van der Waals surface area (Å²) >= 11 is 0. The quantitative estimate of drug-likeness (QED) is 0.0194. The molecule has 0 atom stereocenters. The van der Waals surface area contributed by atoms with Crippen molar-refractivity contribution >= 4 is 79.1 Å². The molecule has 5 aromatic carbocycles. The highest BCUT2D eigenvalue weighted by molar-refractivity contribution is 6.22. The molecule has 0 aliphatic heterocycles. The van der Waals surface area contributed by atoms with E-state index in [1.165, 1.54) is 51.4 Å². The molecule has 0 spiro atoms. The van der Waals surface area contributed by atoms with E-state index < -0.39 is 5.91 Å². The number of nitrogens with zero attached hydrogens (tertiary/aromatic N) is 7. The molecule has 0 saturated heterocycles. The summed E-state index contributed by atoms with van der Waals surface area (Å²) in [6.07, 6.45) is 11.6. The first-order valence-corrected chi connectivity index (χ1v) is 25.8. The zero-order chi connectivity index (χ0) is 50.0. The van der Waals surface area contributed by atoms with Gasteiger partial charge in [-0.05, 0) is 150 Å². The van der Waals surface area contributed by atoms with Crippen LogP contribution in [0.4, 0.5) is 40.6 Å². The highest BCUT2D eigenvalue weighted by atomic mass is 16.5. The van der Waals surface area contributed by atoms with Crippen LogP contribution in [-0.4, -0.2) is 100 Å². The lowest BCUT2D eigenvalue weighted by molar-refractivity contribution is 0.102. The van der Waals surface area contributed by atoms with Crippen molar-refractivity contribution in [1.82, 2.24) is 29.7 Å². The largest absolute Gasteiger partial charge is 0.505 e. The summed E-state index contributed by atoms with van der Waals surface area (Å²) in [5, 5.41) is 38.0. The number of aromatic hydroxyl groups is 1. The second kappa shape index (κ2) is 26.4. The predicted molar refractivity (Wildman–Crippen MR) is 293 cm³/mol. The molecule has 15 nitrogen and oxygen atoms in total. The van der Waals surface area contributed by atoms with Gasteiger partial charge in [0.2, 0.25) is 17.8 Å². The van der Waals surface area contributed by atoms with Crippen LogP contribution in [-0.2, 0) is 0 Å². The number of fused-ring (bicyclic) bond motifs is 5. The highest BCUT2D eigenvalue weighted by Gasteiger charge is 2.22. The minimum Gasteiger partial charge on any atom is -0.505 e. The van der Waals surface area contributed by atoms with Crippen LogP contribution in [0.1, 0.15) is 108 Å². The van der Waals surface area contributed by atoms with Crippen LogP contribution in [0.25, 0.3) is 32.6 Å². The first-order valence-electron chi connectivity index (χ1n) is 25.8. The van der Waals surface area contributed by atoms with Gasteiger partial charge in [0.05, 0.1) is 23.9 Å². The van der Waals surface area contributed by atoms with Gasteiger partial charge in [-0.15, -0.1) is 5.11 Å². The number of amides is 1. The van der Waals surface area contributed by atoms with Gasteiger partial charge in [-0.3, -0.25) is 4.79 Å². The first-order chi connectivity index (χ1) is 34.7. The third-order valence-electron chi connectivity index (χ3n) is 12.9. The normalized spacial score (nSPS) is 11.7. The SMILES string of the molecule is CCCCN(CCCC)CCCNc1nc(NCCCN(CCCC)CCCC)nc(Nc2ccc(N=Nc3c(O)c(C(=O)Nc4ccc(OC)cc4C)cc4ccc5c6ccccc6[nH]c5c34)cc2)n1. The monoisotopic (exact) mass is 963 g/mol. The average molecular weight is 963 g/mol. The van der Waals surface area contributed by atoms with Crippen molar-refractivity contribution in [3.8, 4) is 11.5 Å². The summed E-state index contributed by atoms with van der Waals surface area (Å²) in [7, 11) is 1.60. The molecule has 0 radical (unpaired) electrons. The molecule has 0 aliphatic rings. The lowest BCUT2D eigenvalue weighted by Crippen LogP contribution is -2.28. The molecule has 0 fully saturated rings. The zero-order valence-electron chi connectivity index (χ0n) is 42.7. The number of aromatic nitrogens is 4. The molecule has 71 heavy (non-hydrogen) atoms. The summed E-state index contributed by atoms with van der Waals surface area (Å²) in [6, 6.07) is 26.5. The minimum absolute atomic E-state index is 0.0681. The number of hydrogen-bond donors (Lipinski definition) is 6. The Labute approximate surface area is 419 Å². The molecule has 0 unspecified atom stereocenters.